The molecule has 0 saturated heterocycles. The Hall–Kier alpha value is -2.49. The average Bonchev–Trinajstić information content (AvgIpc) is 2.65. The first-order chi connectivity index (χ1) is 12.5. The van der Waals surface area contributed by atoms with Crippen LogP contribution in [0.4, 0.5) is 5.69 Å². The SMILES string of the molecule is COc1cccc(NC(N)=NCc2cccc(OCC(=O)N(C)C)c2)c1.I. The molecule has 0 aliphatic carbocycles. The predicted molar refractivity (Wildman–Crippen MR) is 118 cm³/mol. The van der Waals surface area contributed by atoms with Gasteiger partial charge in [-0.1, -0.05) is 18.2 Å². The molecule has 2 aromatic rings. The molecule has 3 N–H and O–H groups in total. The van der Waals surface area contributed by atoms with Gasteiger partial charge in [-0.3, -0.25) is 4.79 Å². The third-order valence-corrected chi connectivity index (χ3v) is 3.53. The minimum Gasteiger partial charge on any atom is -0.497 e. The van der Waals surface area contributed by atoms with Crippen LogP contribution in [-0.4, -0.2) is 44.6 Å². The molecular weight excluding hydrogens is 459 g/mol. The van der Waals surface area contributed by atoms with Crippen LogP contribution in [0, 0.1) is 0 Å². The zero-order valence-corrected chi connectivity index (χ0v) is 18.0. The van der Waals surface area contributed by atoms with Gasteiger partial charge < -0.3 is 25.4 Å². The number of likely N-dealkylation sites (N-methyl/N-ethyl adjacent to an activating group) is 1. The Morgan fingerprint density at radius 2 is 1.85 bits per heavy atom. The molecular formula is C19H25IN4O3. The third-order valence-electron chi connectivity index (χ3n) is 3.53. The first kappa shape index (κ1) is 22.6. The summed E-state index contributed by atoms with van der Waals surface area (Å²) in [6.45, 7) is 0.390. The van der Waals surface area contributed by atoms with Crippen molar-refractivity contribution in [3.05, 3.63) is 54.1 Å². The van der Waals surface area contributed by atoms with Crippen molar-refractivity contribution in [1.29, 1.82) is 0 Å². The molecule has 2 aromatic carbocycles. The minimum atomic E-state index is -0.0971. The normalized spacial score (nSPS) is 10.6. The number of aliphatic imine (C=N–C) groups is 1. The maximum Gasteiger partial charge on any atom is 0.259 e. The molecule has 0 spiro atoms. The number of carbonyl (C=O) groups is 1. The predicted octanol–water partition coefficient (Wildman–Crippen LogP) is 2.71. The summed E-state index contributed by atoms with van der Waals surface area (Å²) in [5, 5.41) is 3.02. The van der Waals surface area contributed by atoms with Gasteiger partial charge in [0.1, 0.15) is 11.5 Å². The van der Waals surface area contributed by atoms with E-state index in [1.807, 2.05) is 42.5 Å². The zero-order valence-electron chi connectivity index (χ0n) is 15.6. The van der Waals surface area contributed by atoms with E-state index in [4.69, 9.17) is 15.2 Å². The maximum atomic E-state index is 11.6. The summed E-state index contributed by atoms with van der Waals surface area (Å²) in [6.07, 6.45) is 0. The number of guanidine groups is 1. The largest absolute Gasteiger partial charge is 0.497 e. The Kier molecular flexibility index (Phi) is 9.41. The van der Waals surface area contributed by atoms with Crippen LogP contribution in [0.3, 0.4) is 0 Å². The number of amides is 1. The molecule has 2 rings (SSSR count). The molecule has 0 fully saturated rings. The van der Waals surface area contributed by atoms with Gasteiger partial charge in [0.2, 0.25) is 0 Å². The van der Waals surface area contributed by atoms with E-state index in [9.17, 15) is 4.79 Å². The molecule has 27 heavy (non-hydrogen) atoms. The molecule has 0 saturated carbocycles. The van der Waals surface area contributed by atoms with Gasteiger partial charge in [-0.15, -0.1) is 24.0 Å². The Labute approximate surface area is 176 Å². The fourth-order valence-electron chi connectivity index (χ4n) is 2.07. The lowest BCUT2D eigenvalue weighted by Crippen LogP contribution is -2.27. The molecule has 1 amide bonds. The van der Waals surface area contributed by atoms with E-state index in [2.05, 4.69) is 10.3 Å². The zero-order chi connectivity index (χ0) is 18.9. The van der Waals surface area contributed by atoms with Gasteiger partial charge in [0, 0.05) is 25.8 Å². The Balaban J connectivity index is 0.00000364. The summed E-state index contributed by atoms with van der Waals surface area (Å²) in [7, 11) is 4.99. The van der Waals surface area contributed by atoms with Gasteiger partial charge in [0.25, 0.3) is 5.91 Å². The summed E-state index contributed by atoms with van der Waals surface area (Å²) in [6, 6.07) is 14.8. The first-order valence-corrected chi connectivity index (χ1v) is 8.11. The number of nitrogens with two attached hydrogens (primary N) is 1. The molecule has 0 heterocycles. The number of methoxy groups -OCH3 is 1. The molecule has 7 nitrogen and oxygen atoms in total. The van der Waals surface area contributed by atoms with E-state index in [-0.39, 0.29) is 36.5 Å². The summed E-state index contributed by atoms with van der Waals surface area (Å²) < 4.78 is 10.7. The van der Waals surface area contributed by atoms with Crippen molar-refractivity contribution in [1.82, 2.24) is 4.90 Å². The van der Waals surface area contributed by atoms with Crippen LogP contribution in [0.1, 0.15) is 5.56 Å². The molecule has 0 bridgehead atoms. The van der Waals surface area contributed by atoms with E-state index in [1.54, 1.807) is 27.3 Å². The standard InChI is InChI=1S/C19H24N4O3.HI/c1-23(2)18(24)13-26-17-9-4-6-14(10-17)12-21-19(20)22-15-7-5-8-16(11-15)25-3;/h4-11H,12-13H2,1-3H3,(H3,20,21,22);1H. The lowest BCUT2D eigenvalue weighted by molar-refractivity contribution is -0.130. The highest BCUT2D eigenvalue weighted by Gasteiger charge is 2.05. The van der Waals surface area contributed by atoms with Crippen LogP contribution in [0.15, 0.2) is 53.5 Å². The lowest BCUT2D eigenvalue weighted by Gasteiger charge is -2.11. The quantitative estimate of drug-likeness (QED) is 0.359. The summed E-state index contributed by atoms with van der Waals surface area (Å²) >= 11 is 0. The van der Waals surface area contributed by atoms with Crippen molar-refractivity contribution in [2.75, 3.05) is 33.1 Å². The van der Waals surface area contributed by atoms with Gasteiger partial charge >= 0.3 is 0 Å². The number of halogens is 1. The van der Waals surface area contributed by atoms with Crippen LogP contribution in [0.25, 0.3) is 0 Å². The van der Waals surface area contributed by atoms with E-state index >= 15 is 0 Å². The monoisotopic (exact) mass is 484 g/mol. The van der Waals surface area contributed by atoms with Crippen LogP contribution >= 0.6 is 24.0 Å². The second-order valence-electron chi connectivity index (χ2n) is 5.78. The Morgan fingerprint density at radius 3 is 2.56 bits per heavy atom. The van der Waals surface area contributed by atoms with Gasteiger partial charge in [0.15, 0.2) is 12.6 Å². The molecule has 0 aromatic heterocycles. The van der Waals surface area contributed by atoms with E-state index in [0.717, 1.165) is 17.0 Å². The van der Waals surface area contributed by atoms with E-state index in [1.165, 1.54) is 4.90 Å². The van der Waals surface area contributed by atoms with Crippen LogP contribution in [0.2, 0.25) is 0 Å². The fraction of sp³-hybridized carbons (Fsp3) is 0.263. The number of carbonyl (C=O) groups excluding carboxylic acids is 1. The number of nitrogens with one attached hydrogen (secondary N) is 1. The summed E-state index contributed by atoms with van der Waals surface area (Å²) in [5.41, 5.74) is 7.65. The lowest BCUT2D eigenvalue weighted by atomic mass is 10.2. The number of nitrogens with zero attached hydrogens (tertiary/aromatic N) is 2. The number of anilines is 1. The number of hydrogen-bond donors (Lipinski definition) is 2. The van der Waals surface area contributed by atoms with Crippen molar-refractivity contribution in [2.45, 2.75) is 6.54 Å². The molecule has 0 unspecified atom stereocenters. The van der Waals surface area contributed by atoms with E-state index in [0.29, 0.717) is 18.3 Å². The van der Waals surface area contributed by atoms with Crippen molar-refractivity contribution >= 4 is 41.5 Å². The van der Waals surface area contributed by atoms with E-state index < -0.39 is 0 Å². The summed E-state index contributed by atoms with van der Waals surface area (Å²) in [5.74, 6) is 1.56. The minimum absolute atomic E-state index is 0. The molecule has 0 atom stereocenters. The van der Waals surface area contributed by atoms with Gasteiger partial charge in [-0.25, -0.2) is 4.99 Å². The second kappa shape index (κ2) is 11.3. The number of hydrogen-bond acceptors (Lipinski definition) is 4. The number of ether oxygens (including phenoxy) is 2. The van der Waals surface area contributed by atoms with Crippen molar-refractivity contribution < 1.29 is 14.3 Å². The van der Waals surface area contributed by atoms with Crippen LogP contribution < -0.4 is 20.5 Å². The van der Waals surface area contributed by atoms with Crippen molar-refractivity contribution in [3.8, 4) is 11.5 Å². The third kappa shape index (κ3) is 7.73. The maximum absolute atomic E-state index is 11.6. The highest BCUT2D eigenvalue weighted by atomic mass is 127. The smallest absolute Gasteiger partial charge is 0.259 e. The highest BCUT2D eigenvalue weighted by molar-refractivity contribution is 14.0. The fourth-order valence-corrected chi connectivity index (χ4v) is 2.07. The molecule has 0 aliphatic heterocycles. The molecule has 8 heteroatoms. The Morgan fingerprint density at radius 1 is 1.15 bits per heavy atom. The first-order valence-electron chi connectivity index (χ1n) is 8.11. The topological polar surface area (TPSA) is 89.2 Å². The summed E-state index contributed by atoms with van der Waals surface area (Å²) in [4.78, 5) is 17.4. The Bertz CT molecular complexity index is 781. The number of rotatable bonds is 7. The average molecular weight is 484 g/mol. The van der Waals surface area contributed by atoms with Crippen LogP contribution in [0.5, 0.6) is 11.5 Å². The van der Waals surface area contributed by atoms with Gasteiger partial charge in [-0.2, -0.15) is 0 Å². The second-order valence-corrected chi connectivity index (χ2v) is 5.78. The molecule has 146 valence electrons. The number of benzene rings is 2. The van der Waals surface area contributed by atoms with Crippen molar-refractivity contribution in [2.24, 2.45) is 10.7 Å². The highest BCUT2D eigenvalue weighted by Crippen LogP contribution is 2.17. The van der Waals surface area contributed by atoms with Gasteiger partial charge in [0.05, 0.1) is 13.7 Å². The molecule has 0 radical (unpaired) electrons. The van der Waals surface area contributed by atoms with Gasteiger partial charge in [-0.05, 0) is 29.8 Å². The van der Waals surface area contributed by atoms with Crippen LogP contribution in [-0.2, 0) is 11.3 Å². The van der Waals surface area contributed by atoms with Crippen molar-refractivity contribution in [3.63, 3.8) is 0 Å². The molecule has 0 aliphatic rings.